The second kappa shape index (κ2) is 8.57. The highest BCUT2D eigenvalue weighted by atomic mass is 16.5. The number of benzene rings is 2. The van der Waals surface area contributed by atoms with E-state index in [1.807, 2.05) is 47.4 Å². The van der Waals surface area contributed by atoms with Crippen LogP contribution in [0.4, 0.5) is 0 Å². The minimum Gasteiger partial charge on any atom is -0.497 e. The van der Waals surface area contributed by atoms with E-state index in [-0.39, 0.29) is 11.8 Å². The second-order valence-corrected chi connectivity index (χ2v) is 7.65. The highest BCUT2D eigenvalue weighted by Gasteiger charge is 2.34. The molecule has 1 saturated heterocycles. The molecule has 1 atom stereocenters. The van der Waals surface area contributed by atoms with Crippen LogP contribution in [-0.4, -0.2) is 41.7 Å². The normalized spacial score (nSPS) is 17.4. The lowest BCUT2D eigenvalue weighted by molar-refractivity contribution is -0.135. The molecule has 4 nitrogen and oxygen atoms in total. The lowest BCUT2D eigenvalue weighted by atomic mass is 9.85. The van der Waals surface area contributed by atoms with Crippen LogP contribution in [0, 0.1) is 0 Å². The van der Waals surface area contributed by atoms with Crippen molar-refractivity contribution in [2.45, 2.75) is 44.1 Å². The van der Waals surface area contributed by atoms with E-state index in [2.05, 4.69) is 19.1 Å². The molecule has 0 aromatic heterocycles. The molecule has 1 fully saturated rings. The van der Waals surface area contributed by atoms with E-state index >= 15 is 0 Å². The summed E-state index contributed by atoms with van der Waals surface area (Å²) in [4.78, 5) is 14.6. The Hall–Kier alpha value is -2.33. The Kier molecular flexibility index (Phi) is 6.17. The summed E-state index contributed by atoms with van der Waals surface area (Å²) in [6, 6.07) is 18.0. The Labute approximate surface area is 161 Å². The predicted octanol–water partition coefficient (Wildman–Crippen LogP) is 3.79. The van der Waals surface area contributed by atoms with Crippen molar-refractivity contribution in [3.63, 3.8) is 0 Å². The topological polar surface area (TPSA) is 49.8 Å². The fourth-order valence-electron chi connectivity index (χ4n) is 3.76. The van der Waals surface area contributed by atoms with Crippen molar-refractivity contribution >= 4 is 5.91 Å². The number of hydrogen-bond acceptors (Lipinski definition) is 3. The number of piperidine rings is 1. The maximum absolute atomic E-state index is 12.7. The molecule has 1 unspecified atom stereocenters. The fourth-order valence-corrected chi connectivity index (χ4v) is 3.76. The molecule has 0 aliphatic carbocycles. The standard InChI is InChI=1S/C23H29NO3/c1-18(20-6-4-3-5-7-20)16-22(25)24-14-12-23(26,13-15-24)17-19-8-10-21(27-2)11-9-19/h3-11,18,26H,12-17H2,1-2H3. The van der Waals surface area contributed by atoms with E-state index in [1.54, 1.807) is 7.11 Å². The van der Waals surface area contributed by atoms with E-state index in [0.29, 0.717) is 38.8 Å². The summed E-state index contributed by atoms with van der Waals surface area (Å²) in [5.41, 5.74) is 1.55. The smallest absolute Gasteiger partial charge is 0.223 e. The minimum absolute atomic E-state index is 0.179. The van der Waals surface area contributed by atoms with Crippen LogP contribution in [0.15, 0.2) is 54.6 Å². The van der Waals surface area contributed by atoms with Gasteiger partial charge in [0.25, 0.3) is 0 Å². The van der Waals surface area contributed by atoms with Crippen LogP contribution in [-0.2, 0) is 11.2 Å². The van der Waals surface area contributed by atoms with Gasteiger partial charge in [-0.25, -0.2) is 0 Å². The van der Waals surface area contributed by atoms with Gasteiger partial charge in [-0.1, -0.05) is 49.4 Å². The molecule has 144 valence electrons. The summed E-state index contributed by atoms with van der Waals surface area (Å²) < 4.78 is 5.18. The van der Waals surface area contributed by atoms with Crippen LogP contribution < -0.4 is 4.74 Å². The number of nitrogens with zero attached hydrogens (tertiary/aromatic N) is 1. The van der Waals surface area contributed by atoms with Crippen molar-refractivity contribution in [3.05, 3.63) is 65.7 Å². The fraction of sp³-hybridized carbons (Fsp3) is 0.435. The second-order valence-electron chi connectivity index (χ2n) is 7.65. The number of hydrogen-bond donors (Lipinski definition) is 1. The zero-order valence-electron chi connectivity index (χ0n) is 16.2. The lowest BCUT2D eigenvalue weighted by Crippen LogP contribution is -2.47. The monoisotopic (exact) mass is 367 g/mol. The molecule has 1 N–H and O–H groups in total. The average Bonchev–Trinajstić information content (AvgIpc) is 2.69. The molecule has 1 aliphatic rings. The predicted molar refractivity (Wildman–Crippen MR) is 107 cm³/mol. The molecule has 4 heteroatoms. The van der Waals surface area contributed by atoms with Gasteiger partial charge in [0.15, 0.2) is 0 Å². The molecule has 3 rings (SSSR count). The van der Waals surface area contributed by atoms with Gasteiger partial charge in [-0.2, -0.15) is 0 Å². The molecule has 1 amide bonds. The molecular weight excluding hydrogens is 338 g/mol. The Morgan fingerprint density at radius 3 is 2.33 bits per heavy atom. The quantitative estimate of drug-likeness (QED) is 0.845. The van der Waals surface area contributed by atoms with Crippen molar-refractivity contribution in [1.82, 2.24) is 4.90 Å². The highest BCUT2D eigenvalue weighted by Crippen LogP contribution is 2.28. The summed E-state index contributed by atoms with van der Waals surface area (Å²) in [6.07, 6.45) is 2.36. The summed E-state index contributed by atoms with van der Waals surface area (Å²) in [7, 11) is 1.65. The molecule has 27 heavy (non-hydrogen) atoms. The molecule has 0 spiro atoms. The Balaban J connectivity index is 1.51. The van der Waals surface area contributed by atoms with E-state index in [4.69, 9.17) is 4.74 Å². The van der Waals surface area contributed by atoms with Gasteiger partial charge in [0.2, 0.25) is 5.91 Å². The number of rotatable bonds is 6. The molecule has 0 bridgehead atoms. The number of amides is 1. The van der Waals surface area contributed by atoms with Crippen LogP contribution in [0.25, 0.3) is 0 Å². The zero-order valence-corrected chi connectivity index (χ0v) is 16.2. The number of carbonyl (C=O) groups excluding carboxylic acids is 1. The summed E-state index contributed by atoms with van der Waals surface area (Å²) in [5.74, 6) is 1.20. The van der Waals surface area contributed by atoms with Crippen molar-refractivity contribution < 1.29 is 14.6 Å². The largest absolute Gasteiger partial charge is 0.497 e. The van der Waals surface area contributed by atoms with Crippen LogP contribution in [0.2, 0.25) is 0 Å². The third-order valence-corrected chi connectivity index (χ3v) is 5.59. The number of ether oxygens (including phenoxy) is 1. The van der Waals surface area contributed by atoms with Gasteiger partial charge in [-0.05, 0) is 42.0 Å². The van der Waals surface area contributed by atoms with E-state index < -0.39 is 5.60 Å². The molecule has 0 radical (unpaired) electrons. The molecule has 1 aliphatic heterocycles. The van der Waals surface area contributed by atoms with Crippen molar-refractivity contribution in [1.29, 1.82) is 0 Å². The minimum atomic E-state index is -0.740. The summed E-state index contributed by atoms with van der Waals surface area (Å²) in [6.45, 7) is 3.33. The van der Waals surface area contributed by atoms with Gasteiger partial charge in [-0.3, -0.25) is 4.79 Å². The van der Waals surface area contributed by atoms with Crippen LogP contribution in [0.3, 0.4) is 0 Å². The Morgan fingerprint density at radius 2 is 1.74 bits per heavy atom. The lowest BCUT2D eigenvalue weighted by Gasteiger charge is -2.38. The Morgan fingerprint density at radius 1 is 1.11 bits per heavy atom. The van der Waals surface area contributed by atoms with Crippen LogP contribution in [0.5, 0.6) is 5.75 Å². The zero-order chi connectivity index (χ0) is 19.3. The van der Waals surface area contributed by atoms with E-state index in [1.165, 1.54) is 5.56 Å². The molecular formula is C23H29NO3. The first kappa shape index (κ1) is 19.4. The molecule has 0 saturated carbocycles. The van der Waals surface area contributed by atoms with Crippen molar-refractivity contribution in [2.24, 2.45) is 0 Å². The maximum Gasteiger partial charge on any atom is 0.223 e. The van der Waals surface area contributed by atoms with Gasteiger partial charge in [0.05, 0.1) is 12.7 Å². The Bertz CT molecular complexity index is 734. The van der Waals surface area contributed by atoms with Crippen molar-refractivity contribution in [2.75, 3.05) is 20.2 Å². The first-order valence-electron chi connectivity index (χ1n) is 9.67. The highest BCUT2D eigenvalue weighted by molar-refractivity contribution is 5.77. The first-order valence-corrected chi connectivity index (χ1v) is 9.67. The van der Waals surface area contributed by atoms with E-state index in [9.17, 15) is 9.90 Å². The molecule has 1 heterocycles. The number of carbonyl (C=O) groups is 1. The van der Waals surface area contributed by atoms with Crippen molar-refractivity contribution in [3.8, 4) is 5.75 Å². The SMILES string of the molecule is COc1ccc(CC2(O)CCN(C(=O)CC(C)c3ccccc3)CC2)cc1. The molecule has 2 aromatic carbocycles. The van der Waals surface area contributed by atoms with Crippen LogP contribution >= 0.6 is 0 Å². The number of methoxy groups -OCH3 is 1. The summed E-state index contributed by atoms with van der Waals surface area (Å²) >= 11 is 0. The number of aliphatic hydroxyl groups is 1. The van der Waals surface area contributed by atoms with Crippen LogP contribution in [0.1, 0.15) is 43.2 Å². The number of likely N-dealkylation sites (tertiary alicyclic amines) is 1. The van der Waals surface area contributed by atoms with E-state index in [0.717, 1.165) is 11.3 Å². The average molecular weight is 367 g/mol. The third-order valence-electron chi connectivity index (χ3n) is 5.59. The van der Waals surface area contributed by atoms with Gasteiger partial charge in [0, 0.05) is 25.9 Å². The van der Waals surface area contributed by atoms with Gasteiger partial charge in [-0.15, -0.1) is 0 Å². The summed E-state index contributed by atoms with van der Waals surface area (Å²) in [5, 5.41) is 10.9. The third kappa shape index (κ3) is 5.10. The van der Waals surface area contributed by atoms with Gasteiger partial charge in [0.1, 0.15) is 5.75 Å². The maximum atomic E-state index is 12.7. The first-order chi connectivity index (χ1) is 13.0. The van der Waals surface area contributed by atoms with Gasteiger partial charge < -0.3 is 14.7 Å². The van der Waals surface area contributed by atoms with Gasteiger partial charge >= 0.3 is 0 Å². The molecule has 2 aromatic rings.